The lowest BCUT2D eigenvalue weighted by Crippen LogP contribution is -1.87. The summed E-state index contributed by atoms with van der Waals surface area (Å²) in [7, 11) is 0. The summed E-state index contributed by atoms with van der Waals surface area (Å²) < 4.78 is 6.61. The molecule has 0 spiro atoms. The third kappa shape index (κ3) is 3.30. The number of nitrogens with zero attached hydrogens (tertiary/aromatic N) is 1. The maximum Gasteiger partial charge on any atom is 0.144 e. The molecule has 0 fully saturated rings. The minimum absolute atomic E-state index is 0.781. The second kappa shape index (κ2) is 5.82. The Hall–Kier alpha value is -1.35. The molecule has 1 aromatic carbocycles. The molecule has 0 saturated carbocycles. The lowest BCUT2D eigenvalue weighted by atomic mass is 10.1. The number of rotatable bonds is 4. The average molecular weight is 292 g/mol. The number of hydrogen-bond acceptors (Lipinski definition) is 2. The zero-order chi connectivity index (χ0) is 12.1. The van der Waals surface area contributed by atoms with E-state index < -0.39 is 0 Å². The first-order chi connectivity index (χ1) is 8.29. The Morgan fingerprint density at radius 1 is 1.18 bits per heavy atom. The number of aryl methyl sites for hydroxylation is 1. The van der Waals surface area contributed by atoms with Crippen molar-refractivity contribution in [3.63, 3.8) is 0 Å². The van der Waals surface area contributed by atoms with Crippen molar-refractivity contribution in [3.05, 3.63) is 52.8 Å². The molecule has 0 N–H and O–H groups in total. The molecule has 2 nitrogen and oxygen atoms in total. The minimum Gasteiger partial charge on any atom is -0.456 e. The second-order valence-corrected chi connectivity index (χ2v) is 4.66. The smallest absolute Gasteiger partial charge is 0.144 e. The topological polar surface area (TPSA) is 22.1 Å². The molecular formula is C14H14BrNO. The summed E-state index contributed by atoms with van der Waals surface area (Å²) in [4.78, 5) is 4.00. The molecule has 0 saturated heterocycles. The van der Waals surface area contributed by atoms with E-state index in [9.17, 15) is 0 Å². The van der Waals surface area contributed by atoms with Crippen molar-refractivity contribution in [1.82, 2.24) is 4.98 Å². The fourth-order valence-electron chi connectivity index (χ4n) is 1.59. The molecule has 2 rings (SSSR count). The first kappa shape index (κ1) is 12.1. The van der Waals surface area contributed by atoms with Crippen molar-refractivity contribution < 1.29 is 4.74 Å². The van der Waals surface area contributed by atoms with E-state index in [1.165, 1.54) is 5.56 Å². The molecule has 2 aromatic rings. The van der Waals surface area contributed by atoms with Gasteiger partial charge in [0.05, 0.1) is 4.47 Å². The van der Waals surface area contributed by atoms with E-state index in [2.05, 4.69) is 40.0 Å². The van der Waals surface area contributed by atoms with E-state index in [0.29, 0.717) is 0 Å². The molecule has 1 heterocycles. The monoisotopic (exact) mass is 291 g/mol. The van der Waals surface area contributed by atoms with E-state index >= 15 is 0 Å². The predicted octanol–water partition coefficient (Wildman–Crippen LogP) is 4.59. The summed E-state index contributed by atoms with van der Waals surface area (Å²) in [6.45, 7) is 2.18. The largest absolute Gasteiger partial charge is 0.456 e. The number of aromatic nitrogens is 1. The Balaban J connectivity index is 2.11. The number of halogens is 1. The Morgan fingerprint density at radius 2 is 1.94 bits per heavy atom. The van der Waals surface area contributed by atoms with E-state index in [1.807, 2.05) is 18.2 Å². The van der Waals surface area contributed by atoms with Crippen LogP contribution in [0.15, 0.2) is 47.2 Å². The quantitative estimate of drug-likeness (QED) is 0.822. The van der Waals surface area contributed by atoms with Crippen molar-refractivity contribution in [2.24, 2.45) is 0 Å². The lowest BCUT2D eigenvalue weighted by Gasteiger charge is -2.07. The molecule has 0 unspecified atom stereocenters. The lowest BCUT2D eigenvalue weighted by molar-refractivity contribution is 0.478. The Kier molecular flexibility index (Phi) is 4.15. The van der Waals surface area contributed by atoms with Crippen LogP contribution in [0.2, 0.25) is 0 Å². The van der Waals surface area contributed by atoms with Gasteiger partial charge >= 0.3 is 0 Å². The second-order valence-electron chi connectivity index (χ2n) is 3.80. The van der Waals surface area contributed by atoms with Crippen LogP contribution in [0.1, 0.15) is 18.9 Å². The molecule has 0 amide bonds. The van der Waals surface area contributed by atoms with Gasteiger partial charge in [-0.3, -0.25) is 4.98 Å². The van der Waals surface area contributed by atoms with Crippen LogP contribution >= 0.6 is 15.9 Å². The maximum absolute atomic E-state index is 5.76. The summed E-state index contributed by atoms with van der Waals surface area (Å²) in [5, 5.41) is 0. The summed E-state index contributed by atoms with van der Waals surface area (Å²) in [6.07, 6.45) is 5.71. The van der Waals surface area contributed by atoms with Gasteiger partial charge in [-0.15, -0.1) is 0 Å². The van der Waals surface area contributed by atoms with Crippen LogP contribution in [0.5, 0.6) is 11.5 Å². The van der Waals surface area contributed by atoms with Crippen LogP contribution in [-0.2, 0) is 6.42 Å². The van der Waals surface area contributed by atoms with Crippen LogP contribution in [0, 0.1) is 0 Å². The molecule has 0 atom stereocenters. The van der Waals surface area contributed by atoms with E-state index in [-0.39, 0.29) is 0 Å². The Morgan fingerprint density at radius 3 is 2.59 bits per heavy atom. The summed E-state index contributed by atoms with van der Waals surface area (Å²) >= 11 is 3.41. The van der Waals surface area contributed by atoms with Gasteiger partial charge in [0.15, 0.2) is 0 Å². The van der Waals surface area contributed by atoms with Gasteiger partial charge in [-0.2, -0.15) is 0 Å². The van der Waals surface area contributed by atoms with Crippen molar-refractivity contribution in [2.45, 2.75) is 19.8 Å². The zero-order valence-corrected chi connectivity index (χ0v) is 11.3. The Bertz CT molecular complexity index is 482. The highest BCUT2D eigenvalue weighted by Crippen LogP contribution is 2.28. The van der Waals surface area contributed by atoms with E-state index in [0.717, 1.165) is 28.8 Å². The number of benzene rings is 1. The normalized spacial score (nSPS) is 10.2. The number of ether oxygens (including phenoxy) is 1. The van der Waals surface area contributed by atoms with Crippen LogP contribution in [0.25, 0.3) is 0 Å². The third-order valence-electron chi connectivity index (χ3n) is 2.43. The molecule has 0 aliphatic heterocycles. The van der Waals surface area contributed by atoms with Gasteiger partial charge < -0.3 is 4.74 Å². The molecule has 0 radical (unpaired) electrons. The fraction of sp³-hybridized carbons (Fsp3) is 0.214. The van der Waals surface area contributed by atoms with Gasteiger partial charge in [0.1, 0.15) is 11.5 Å². The molecule has 17 heavy (non-hydrogen) atoms. The number of pyridine rings is 1. The summed E-state index contributed by atoms with van der Waals surface area (Å²) in [5.74, 6) is 1.62. The van der Waals surface area contributed by atoms with Crippen molar-refractivity contribution in [2.75, 3.05) is 0 Å². The van der Waals surface area contributed by atoms with Crippen molar-refractivity contribution >= 4 is 15.9 Å². The standard InChI is InChI=1S/C14H14BrNO/c1-2-3-11-4-6-12(7-5-11)17-14-8-9-16-10-13(14)15/h4-10H,2-3H2,1H3. The van der Waals surface area contributed by atoms with Crippen molar-refractivity contribution in [1.29, 1.82) is 0 Å². The van der Waals surface area contributed by atoms with Crippen molar-refractivity contribution in [3.8, 4) is 11.5 Å². The highest BCUT2D eigenvalue weighted by molar-refractivity contribution is 9.10. The zero-order valence-electron chi connectivity index (χ0n) is 9.69. The van der Waals surface area contributed by atoms with Gasteiger partial charge in [0, 0.05) is 18.5 Å². The predicted molar refractivity (Wildman–Crippen MR) is 72.4 cm³/mol. The highest BCUT2D eigenvalue weighted by Gasteiger charge is 2.01. The molecular weight excluding hydrogens is 278 g/mol. The molecule has 0 aliphatic rings. The fourth-order valence-corrected chi connectivity index (χ4v) is 1.92. The van der Waals surface area contributed by atoms with Gasteiger partial charge in [-0.05, 0) is 40.0 Å². The summed E-state index contributed by atoms with van der Waals surface area (Å²) in [5.41, 5.74) is 1.34. The molecule has 1 aromatic heterocycles. The first-order valence-electron chi connectivity index (χ1n) is 5.66. The highest BCUT2D eigenvalue weighted by atomic mass is 79.9. The van der Waals surface area contributed by atoms with Crippen LogP contribution in [0.3, 0.4) is 0 Å². The first-order valence-corrected chi connectivity index (χ1v) is 6.45. The van der Waals surface area contributed by atoms with Gasteiger partial charge in [0.2, 0.25) is 0 Å². The molecule has 3 heteroatoms. The number of hydrogen-bond donors (Lipinski definition) is 0. The minimum atomic E-state index is 0.781. The Labute approximate surface area is 110 Å². The van der Waals surface area contributed by atoms with Crippen LogP contribution in [-0.4, -0.2) is 4.98 Å². The SMILES string of the molecule is CCCc1ccc(Oc2ccncc2Br)cc1. The van der Waals surface area contributed by atoms with E-state index in [1.54, 1.807) is 12.4 Å². The molecule has 0 bridgehead atoms. The van der Waals surface area contributed by atoms with Gasteiger partial charge in [-0.1, -0.05) is 25.5 Å². The van der Waals surface area contributed by atoms with Crippen LogP contribution in [0.4, 0.5) is 0 Å². The van der Waals surface area contributed by atoms with Gasteiger partial charge in [0.25, 0.3) is 0 Å². The third-order valence-corrected chi connectivity index (χ3v) is 3.02. The summed E-state index contributed by atoms with van der Waals surface area (Å²) in [6, 6.07) is 10.0. The molecule has 0 aliphatic carbocycles. The van der Waals surface area contributed by atoms with E-state index in [4.69, 9.17) is 4.74 Å². The van der Waals surface area contributed by atoms with Gasteiger partial charge in [-0.25, -0.2) is 0 Å². The average Bonchev–Trinajstić information content (AvgIpc) is 2.35. The van der Waals surface area contributed by atoms with Crippen LogP contribution < -0.4 is 4.74 Å². The maximum atomic E-state index is 5.76. The molecule has 88 valence electrons.